The minimum atomic E-state index is 0. The summed E-state index contributed by atoms with van der Waals surface area (Å²) < 4.78 is 1.99. The van der Waals surface area contributed by atoms with Crippen LogP contribution in [0.5, 0.6) is 0 Å². The zero-order valence-electron chi connectivity index (χ0n) is 22.4. The number of hydrogen-bond acceptors (Lipinski definition) is 4. The molecule has 0 N–H and O–H groups in total. The number of fused-ring (bicyclic) bond motifs is 11. The quantitative estimate of drug-likeness (QED) is 0.200. The van der Waals surface area contributed by atoms with E-state index < -0.39 is 0 Å². The van der Waals surface area contributed by atoms with E-state index in [0.29, 0.717) is 0 Å². The number of benzene rings is 4. The van der Waals surface area contributed by atoms with Crippen molar-refractivity contribution < 1.29 is 20.4 Å². The van der Waals surface area contributed by atoms with E-state index in [-0.39, 0.29) is 27.3 Å². The minimum Gasteiger partial charge on any atom is -0.510 e. The van der Waals surface area contributed by atoms with Gasteiger partial charge in [0, 0.05) is 26.1 Å². The van der Waals surface area contributed by atoms with Crippen LogP contribution in [0.3, 0.4) is 0 Å². The van der Waals surface area contributed by atoms with Gasteiger partial charge in [0.2, 0.25) is 0 Å². The van der Waals surface area contributed by atoms with Crippen molar-refractivity contribution >= 4 is 34.8 Å². The fraction of sp³-hybridized carbons (Fsp3) is 0.0909. The van der Waals surface area contributed by atoms with Crippen molar-refractivity contribution in [1.29, 1.82) is 0 Å². The summed E-state index contributed by atoms with van der Waals surface area (Å²) in [5.74, 6) is 0. The molecule has 0 spiro atoms. The number of anilines is 3. The number of nitrogens with zero attached hydrogens (tertiary/aromatic N) is 5. The molecule has 8 rings (SSSR count). The van der Waals surface area contributed by atoms with Gasteiger partial charge in [0.15, 0.2) is 0 Å². The third-order valence-electron chi connectivity index (χ3n) is 7.93. The van der Waals surface area contributed by atoms with Gasteiger partial charge in [0.05, 0.1) is 5.69 Å². The Kier molecular flexibility index (Phi) is 5.78. The van der Waals surface area contributed by atoms with Crippen LogP contribution >= 0.6 is 0 Å². The van der Waals surface area contributed by atoms with Gasteiger partial charge in [-0.05, 0) is 45.0 Å². The van der Waals surface area contributed by atoms with Gasteiger partial charge in [-0.2, -0.15) is 23.9 Å². The van der Waals surface area contributed by atoms with E-state index in [0.717, 1.165) is 34.1 Å². The van der Waals surface area contributed by atoms with E-state index in [9.17, 15) is 0 Å². The molecule has 0 unspecified atom stereocenters. The topological polar surface area (TPSA) is 27.5 Å². The van der Waals surface area contributed by atoms with Crippen molar-refractivity contribution in [3.8, 4) is 27.9 Å². The Morgan fingerprint density at radius 3 is 1.90 bits per heavy atom. The molecular weight excluding hydrogens is 584 g/mol. The minimum absolute atomic E-state index is 0. The zero-order chi connectivity index (χ0) is 26.2. The first-order chi connectivity index (χ1) is 19.1. The van der Waals surface area contributed by atoms with Crippen molar-refractivity contribution in [2.24, 2.45) is 0 Å². The molecule has 0 atom stereocenters. The number of rotatable bonds is 2. The predicted molar refractivity (Wildman–Crippen MR) is 159 cm³/mol. The van der Waals surface area contributed by atoms with Gasteiger partial charge >= 0.3 is 6.85 Å². The molecule has 0 fully saturated rings. The van der Waals surface area contributed by atoms with Gasteiger partial charge < -0.3 is 14.6 Å². The van der Waals surface area contributed by atoms with Crippen LogP contribution < -0.4 is 20.6 Å². The van der Waals surface area contributed by atoms with E-state index in [1.807, 2.05) is 29.8 Å². The Bertz CT molecular complexity index is 1830. The Morgan fingerprint density at radius 1 is 0.725 bits per heavy atom. The molecule has 4 aromatic carbocycles. The van der Waals surface area contributed by atoms with E-state index in [4.69, 9.17) is 5.10 Å². The van der Waals surface area contributed by atoms with Gasteiger partial charge in [-0.3, -0.25) is 4.68 Å². The summed E-state index contributed by atoms with van der Waals surface area (Å²) in [5.41, 5.74) is 13.6. The van der Waals surface area contributed by atoms with Crippen molar-refractivity contribution in [2.75, 3.05) is 16.8 Å². The van der Waals surface area contributed by atoms with Crippen LogP contribution in [0, 0.1) is 32.6 Å². The number of hydrogen-bond donors (Lipinski definition) is 0. The summed E-state index contributed by atoms with van der Waals surface area (Å²) in [4.78, 5) is 6.61. The molecule has 7 heteroatoms. The van der Waals surface area contributed by atoms with E-state index in [1.54, 1.807) is 0 Å². The Hall–Kier alpha value is -4.04. The smallest absolute Gasteiger partial charge is 0.324 e. The maximum absolute atomic E-state index is 4.77. The van der Waals surface area contributed by atoms with Crippen LogP contribution in [-0.2, 0) is 20.4 Å². The molecule has 0 saturated carbocycles. The average Bonchev–Trinajstić information content (AvgIpc) is 3.56. The zero-order valence-corrected chi connectivity index (χ0v) is 23.9. The molecular formula is C33H25BN5Pd-3. The number of aryl methyl sites for hydroxylation is 2. The van der Waals surface area contributed by atoms with Crippen LogP contribution in [-0.4, -0.2) is 28.6 Å². The summed E-state index contributed by atoms with van der Waals surface area (Å²) in [5, 5.41) is 4.77. The predicted octanol–water partition coefficient (Wildman–Crippen LogP) is 5.33. The molecule has 5 nitrogen and oxygen atoms in total. The second-order valence-electron chi connectivity index (χ2n) is 10.5. The summed E-state index contributed by atoms with van der Waals surface area (Å²) in [6, 6.07) is 36.0. The van der Waals surface area contributed by atoms with Crippen molar-refractivity contribution in [3.63, 3.8) is 0 Å². The Labute approximate surface area is 249 Å². The fourth-order valence-electron chi connectivity index (χ4n) is 6.27. The first-order valence-electron chi connectivity index (χ1n) is 13.2. The van der Waals surface area contributed by atoms with Crippen LogP contribution in [0.2, 0.25) is 0 Å². The molecule has 0 bridgehead atoms. The van der Waals surface area contributed by atoms with Crippen LogP contribution in [0.15, 0.2) is 91.3 Å². The molecule has 0 aliphatic carbocycles. The van der Waals surface area contributed by atoms with Gasteiger partial charge in [-0.25, -0.2) is 0 Å². The van der Waals surface area contributed by atoms with E-state index in [2.05, 4.69) is 120 Å². The largest absolute Gasteiger partial charge is 0.510 e. The van der Waals surface area contributed by atoms with Crippen molar-refractivity contribution in [3.05, 3.63) is 121 Å². The molecule has 40 heavy (non-hydrogen) atoms. The SMILES string of the molecule is Cc1cc(C)n(-c2[c-]c3c(cc2)-c2ccccc2B2c4ccccc4-c4ccc(N5C=CN(C)[CH-]5)[c-]c4N23)n1.[Pd]. The summed E-state index contributed by atoms with van der Waals surface area (Å²) >= 11 is 0. The van der Waals surface area contributed by atoms with Crippen molar-refractivity contribution in [2.45, 2.75) is 13.8 Å². The van der Waals surface area contributed by atoms with Gasteiger partial charge in [0.1, 0.15) is 0 Å². The maximum Gasteiger partial charge on any atom is 0.324 e. The average molecular weight is 609 g/mol. The van der Waals surface area contributed by atoms with E-state index in [1.165, 1.54) is 33.2 Å². The summed E-state index contributed by atoms with van der Waals surface area (Å²) in [6.45, 7) is 6.20. The normalized spacial score (nSPS) is 14.3. The maximum atomic E-state index is 4.77. The fourth-order valence-corrected chi connectivity index (χ4v) is 6.27. The molecule has 3 aliphatic rings. The molecule has 198 valence electrons. The van der Waals surface area contributed by atoms with Crippen molar-refractivity contribution in [1.82, 2.24) is 14.7 Å². The molecule has 0 amide bonds. The molecule has 0 radical (unpaired) electrons. The first kappa shape index (κ1) is 25.0. The molecule has 4 heterocycles. The van der Waals surface area contributed by atoms with Crippen LogP contribution in [0.1, 0.15) is 11.4 Å². The second kappa shape index (κ2) is 9.27. The molecule has 5 aromatic rings. The first-order valence-corrected chi connectivity index (χ1v) is 13.2. The second-order valence-corrected chi connectivity index (χ2v) is 10.5. The number of aromatic nitrogens is 2. The molecule has 3 aliphatic heterocycles. The summed E-state index contributed by atoms with van der Waals surface area (Å²) in [7, 11) is 2.04. The third-order valence-corrected chi connectivity index (χ3v) is 7.93. The van der Waals surface area contributed by atoms with Crippen LogP contribution in [0.25, 0.3) is 27.9 Å². The molecule has 1 aromatic heterocycles. The van der Waals surface area contributed by atoms with Gasteiger partial charge in [0.25, 0.3) is 0 Å². The Balaban J connectivity index is 0.00000264. The Morgan fingerprint density at radius 2 is 1.32 bits per heavy atom. The van der Waals surface area contributed by atoms with Gasteiger partial charge in [-0.1, -0.05) is 82.0 Å². The summed E-state index contributed by atoms with van der Waals surface area (Å²) in [6.07, 6.45) is 4.12. The standard InChI is InChI=1S/C33H25BN5.Pd/c1-22-18-23(2)39(35-22)25-13-15-29-27-9-5-7-11-31(27)34-30-10-6-4-8-26(30)28-14-12-24(37-17-16-36(3)21-37)19-32(28)38(34)33(29)20-25;/h4-18,21H,1-3H3;/q-3;. The van der Waals surface area contributed by atoms with Crippen LogP contribution in [0.4, 0.5) is 17.1 Å². The van der Waals surface area contributed by atoms with E-state index >= 15 is 0 Å². The monoisotopic (exact) mass is 608 g/mol. The third kappa shape index (κ3) is 3.62. The van der Waals surface area contributed by atoms with Gasteiger partial charge in [-0.15, -0.1) is 41.1 Å². The molecule has 0 saturated heterocycles.